The van der Waals surface area contributed by atoms with Crippen molar-refractivity contribution in [3.63, 3.8) is 0 Å². The minimum Gasteiger partial charge on any atom is -0.507 e. The Labute approximate surface area is 142 Å². The van der Waals surface area contributed by atoms with E-state index in [1.54, 1.807) is 7.11 Å². The predicted octanol–water partition coefficient (Wildman–Crippen LogP) is 3.55. The molecule has 0 amide bonds. The standard InChI is InChI=1S/C21H22O3/c1-12-8-16-9-17(20(23)18(16)13(2)19(12)22)21(24-3)10-14-6-4-5-7-15(14)11-21/h4-8,17,22H,9-11H2,1-3H3. The lowest BCUT2D eigenvalue weighted by Crippen LogP contribution is -2.44. The number of Topliss-reactive ketones (excluding diaryl/α,β-unsaturated/α-hetero) is 1. The number of aromatic hydroxyl groups is 1. The smallest absolute Gasteiger partial charge is 0.169 e. The number of aryl methyl sites for hydroxylation is 1. The Kier molecular flexibility index (Phi) is 3.33. The van der Waals surface area contributed by atoms with Crippen LogP contribution in [0.5, 0.6) is 5.75 Å². The number of hydrogen-bond acceptors (Lipinski definition) is 3. The zero-order valence-corrected chi connectivity index (χ0v) is 14.3. The molecular formula is C21H22O3. The summed E-state index contributed by atoms with van der Waals surface area (Å²) in [6.45, 7) is 3.72. The second kappa shape index (κ2) is 5.18. The first-order valence-electron chi connectivity index (χ1n) is 8.45. The van der Waals surface area contributed by atoms with Crippen LogP contribution in [0.25, 0.3) is 0 Å². The number of benzene rings is 2. The van der Waals surface area contributed by atoms with E-state index in [1.807, 2.05) is 32.0 Å². The summed E-state index contributed by atoms with van der Waals surface area (Å²) in [6, 6.07) is 10.3. The molecule has 3 heteroatoms. The number of ether oxygens (including phenoxy) is 1. The molecular weight excluding hydrogens is 300 g/mol. The van der Waals surface area contributed by atoms with Gasteiger partial charge in [0.1, 0.15) is 5.75 Å². The average Bonchev–Trinajstić information content (AvgIpc) is 3.11. The van der Waals surface area contributed by atoms with Gasteiger partial charge in [0.2, 0.25) is 0 Å². The monoisotopic (exact) mass is 322 g/mol. The van der Waals surface area contributed by atoms with Gasteiger partial charge in [-0.15, -0.1) is 0 Å². The fourth-order valence-electron chi connectivity index (χ4n) is 4.62. The van der Waals surface area contributed by atoms with E-state index in [2.05, 4.69) is 12.1 Å². The van der Waals surface area contributed by atoms with Gasteiger partial charge in [-0.25, -0.2) is 0 Å². The first-order chi connectivity index (χ1) is 11.5. The van der Waals surface area contributed by atoms with Crippen molar-refractivity contribution in [1.82, 2.24) is 0 Å². The highest BCUT2D eigenvalue weighted by atomic mass is 16.5. The number of carbonyl (C=O) groups excluding carboxylic acids is 1. The van der Waals surface area contributed by atoms with Gasteiger partial charge < -0.3 is 9.84 Å². The molecule has 0 heterocycles. The van der Waals surface area contributed by atoms with Crippen LogP contribution in [0.4, 0.5) is 0 Å². The molecule has 2 aromatic carbocycles. The quantitative estimate of drug-likeness (QED) is 0.920. The van der Waals surface area contributed by atoms with Gasteiger partial charge in [-0.05, 0) is 42.5 Å². The summed E-state index contributed by atoms with van der Waals surface area (Å²) < 4.78 is 5.98. The van der Waals surface area contributed by atoms with E-state index in [-0.39, 0.29) is 17.5 Å². The molecule has 1 N–H and O–H groups in total. The zero-order chi connectivity index (χ0) is 17.1. The molecule has 0 aromatic heterocycles. The number of phenolic OH excluding ortho intramolecular Hbond substituents is 1. The number of rotatable bonds is 2. The van der Waals surface area contributed by atoms with Crippen molar-refractivity contribution in [2.75, 3.05) is 7.11 Å². The molecule has 0 aliphatic heterocycles. The van der Waals surface area contributed by atoms with Gasteiger partial charge in [-0.1, -0.05) is 30.3 Å². The molecule has 0 fully saturated rings. The predicted molar refractivity (Wildman–Crippen MR) is 92.7 cm³/mol. The third kappa shape index (κ3) is 1.97. The van der Waals surface area contributed by atoms with Gasteiger partial charge >= 0.3 is 0 Å². The minimum atomic E-state index is -0.476. The molecule has 2 aliphatic rings. The minimum absolute atomic E-state index is 0.118. The van der Waals surface area contributed by atoms with E-state index in [0.29, 0.717) is 17.5 Å². The summed E-state index contributed by atoms with van der Waals surface area (Å²) in [5, 5.41) is 10.2. The van der Waals surface area contributed by atoms with Crippen LogP contribution in [-0.2, 0) is 24.0 Å². The van der Waals surface area contributed by atoms with Crippen LogP contribution in [0.15, 0.2) is 30.3 Å². The van der Waals surface area contributed by atoms with Crippen LogP contribution < -0.4 is 0 Å². The van der Waals surface area contributed by atoms with Crippen molar-refractivity contribution in [3.8, 4) is 5.75 Å². The summed E-state index contributed by atoms with van der Waals surface area (Å²) >= 11 is 0. The molecule has 0 bridgehead atoms. The third-order valence-electron chi connectivity index (χ3n) is 5.94. The van der Waals surface area contributed by atoms with E-state index < -0.39 is 5.60 Å². The molecule has 0 radical (unpaired) electrons. The molecule has 0 saturated carbocycles. The zero-order valence-electron chi connectivity index (χ0n) is 14.3. The van der Waals surface area contributed by atoms with Crippen molar-refractivity contribution in [2.24, 2.45) is 5.92 Å². The van der Waals surface area contributed by atoms with Gasteiger partial charge in [0.25, 0.3) is 0 Å². The van der Waals surface area contributed by atoms with Gasteiger partial charge in [0.05, 0.1) is 11.5 Å². The van der Waals surface area contributed by atoms with Crippen LogP contribution in [0.3, 0.4) is 0 Å². The van der Waals surface area contributed by atoms with Crippen molar-refractivity contribution in [1.29, 1.82) is 0 Å². The molecule has 0 saturated heterocycles. The molecule has 1 unspecified atom stereocenters. The first-order valence-corrected chi connectivity index (χ1v) is 8.45. The SMILES string of the molecule is COC1(C2Cc3cc(C)c(O)c(C)c3C2=O)Cc2ccccc2C1. The van der Waals surface area contributed by atoms with Gasteiger partial charge in [-0.2, -0.15) is 0 Å². The van der Waals surface area contributed by atoms with Crippen molar-refractivity contribution >= 4 is 5.78 Å². The van der Waals surface area contributed by atoms with Crippen LogP contribution in [0.2, 0.25) is 0 Å². The second-order valence-corrected chi connectivity index (χ2v) is 7.21. The summed E-state index contributed by atoms with van der Waals surface area (Å²) in [5.74, 6) is 0.168. The van der Waals surface area contributed by atoms with Crippen LogP contribution in [0.1, 0.15) is 38.2 Å². The second-order valence-electron chi connectivity index (χ2n) is 7.21. The maximum Gasteiger partial charge on any atom is 0.169 e. The van der Waals surface area contributed by atoms with E-state index in [0.717, 1.165) is 24.0 Å². The van der Waals surface area contributed by atoms with E-state index in [9.17, 15) is 9.90 Å². The molecule has 2 aromatic rings. The first kappa shape index (κ1) is 15.4. The Balaban J connectivity index is 1.76. The number of phenols is 1. The number of ketones is 1. The van der Waals surface area contributed by atoms with Gasteiger partial charge in [0.15, 0.2) is 5.78 Å². The third-order valence-corrected chi connectivity index (χ3v) is 5.94. The highest BCUT2D eigenvalue weighted by Gasteiger charge is 2.51. The Bertz CT molecular complexity index is 825. The molecule has 2 aliphatic carbocycles. The fourth-order valence-corrected chi connectivity index (χ4v) is 4.62. The maximum atomic E-state index is 13.2. The van der Waals surface area contributed by atoms with E-state index in [4.69, 9.17) is 4.74 Å². The fraction of sp³-hybridized carbons (Fsp3) is 0.381. The number of carbonyl (C=O) groups is 1. The summed E-state index contributed by atoms with van der Waals surface area (Å²) in [6.07, 6.45) is 2.24. The van der Waals surface area contributed by atoms with Crippen LogP contribution in [-0.4, -0.2) is 23.6 Å². The normalized spacial score (nSPS) is 21.0. The van der Waals surface area contributed by atoms with Crippen molar-refractivity contribution in [3.05, 3.63) is 63.7 Å². The Morgan fingerprint density at radius 3 is 2.33 bits per heavy atom. The summed E-state index contributed by atoms with van der Waals surface area (Å²) in [7, 11) is 1.72. The molecule has 124 valence electrons. The average molecular weight is 322 g/mol. The Morgan fingerprint density at radius 2 is 1.75 bits per heavy atom. The number of hydrogen-bond donors (Lipinski definition) is 1. The van der Waals surface area contributed by atoms with E-state index >= 15 is 0 Å². The molecule has 3 nitrogen and oxygen atoms in total. The summed E-state index contributed by atoms with van der Waals surface area (Å²) in [5.41, 5.74) is 5.37. The summed E-state index contributed by atoms with van der Waals surface area (Å²) in [4.78, 5) is 13.2. The topological polar surface area (TPSA) is 46.5 Å². The van der Waals surface area contributed by atoms with E-state index in [1.165, 1.54) is 11.1 Å². The molecule has 24 heavy (non-hydrogen) atoms. The molecule has 4 rings (SSSR count). The highest BCUT2D eigenvalue weighted by molar-refractivity contribution is 6.05. The molecule has 0 spiro atoms. The maximum absolute atomic E-state index is 13.2. The van der Waals surface area contributed by atoms with Crippen LogP contribution >= 0.6 is 0 Å². The lowest BCUT2D eigenvalue weighted by atomic mass is 9.81. The van der Waals surface area contributed by atoms with Crippen molar-refractivity contribution in [2.45, 2.75) is 38.7 Å². The molecule has 1 atom stereocenters. The largest absolute Gasteiger partial charge is 0.507 e. The Morgan fingerprint density at radius 1 is 1.12 bits per heavy atom. The lowest BCUT2D eigenvalue weighted by Gasteiger charge is -2.33. The van der Waals surface area contributed by atoms with Gasteiger partial charge in [-0.3, -0.25) is 4.79 Å². The Hall–Kier alpha value is -2.13. The van der Waals surface area contributed by atoms with Gasteiger partial charge in [0, 0.05) is 31.1 Å². The number of fused-ring (bicyclic) bond motifs is 2. The van der Waals surface area contributed by atoms with Crippen LogP contribution in [0, 0.1) is 19.8 Å². The number of methoxy groups -OCH3 is 1. The lowest BCUT2D eigenvalue weighted by molar-refractivity contribution is -0.0384. The highest BCUT2D eigenvalue weighted by Crippen LogP contribution is 2.46. The van der Waals surface area contributed by atoms with Crippen molar-refractivity contribution < 1.29 is 14.6 Å².